The molecule has 0 amide bonds. The van der Waals surface area contributed by atoms with E-state index < -0.39 is 25.7 Å². The molecule has 160 valence electrons. The second kappa shape index (κ2) is 7.58. The minimum absolute atomic E-state index is 0.0253. The number of rotatable bonds is 5. The zero-order valence-electron chi connectivity index (χ0n) is 16.8. The average Bonchev–Trinajstić information content (AvgIpc) is 3.12. The first-order valence-corrected chi connectivity index (χ1v) is 12.8. The van der Waals surface area contributed by atoms with Gasteiger partial charge in [0.2, 0.25) is 10.0 Å². The number of aryl methyl sites for hydroxylation is 1. The number of nitrogens with zero attached hydrogens (tertiary/aromatic N) is 2. The number of sulfone groups is 1. The van der Waals surface area contributed by atoms with E-state index in [1.807, 2.05) is 0 Å². The first kappa shape index (κ1) is 21.2. The molecule has 0 bridgehead atoms. The van der Waals surface area contributed by atoms with Crippen molar-refractivity contribution in [2.75, 3.05) is 6.26 Å². The molecule has 0 fully saturated rings. The maximum atomic E-state index is 14.7. The van der Waals surface area contributed by atoms with Crippen molar-refractivity contribution in [1.82, 2.24) is 8.96 Å². The molecule has 6 nitrogen and oxygen atoms in total. The van der Waals surface area contributed by atoms with Gasteiger partial charge in [0.1, 0.15) is 5.82 Å². The van der Waals surface area contributed by atoms with Gasteiger partial charge in [-0.1, -0.05) is 30.3 Å². The van der Waals surface area contributed by atoms with Gasteiger partial charge in [0.25, 0.3) is 0 Å². The molecule has 4 aromatic rings. The van der Waals surface area contributed by atoms with Crippen LogP contribution in [-0.2, 0) is 25.6 Å². The summed E-state index contributed by atoms with van der Waals surface area (Å²) >= 11 is 0. The second-order valence-electron chi connectivity index (χ2n) is 7.32. The van der Waals surface area contributed by atoms with Crippen LogP contribution in [0.15, 0.2) is 71.8 Å². The Kier molecular flexibility index (Phi) is 5.18. The lowest BCUT2D eigenvalue weighted by Crippen LogP contribution is -2.14. The third-order valence-electron chi connectivity index (χ3n) is 4.90. The Balaban J connectivity index is 1.91. The Labute approximate surface area is 180 Å². The topological polar surface area (TPSA) is 86.1 Å². The predicted octanol–water partition coefficient (Wildman–Crippen LogP) is 3.93. The van der Waals surface area contributed by atoms with Gasteiger partial charge in [-0.3, -0.25) is 0 Å². The fourth-order valence-corrected chi connectivity index (χ4v) is 5.50. The van der Waals surface area contributed by atoms with Crippen LogP contribution in [0, 0.1) is 12.7 Å². The quantitative estimate of drug-likeness (QED) is 0.423. The summed E-state index contributed by atoms with van der Waals surface area (Å²) in [7, 11) is -7.34. The summed E-state index contributed by atoms with van der Waals surface area (Å²) in [6.07, 6.45) is 2.43. The smallest absolute Gasteiger partial charge is 0.234 e. The summed E-state index contributed by atoms with van der Waals surface area (Å²) in [5.74, 6) is -0.834. The summed E-state index contributed by atoms with van der Waals surface area (Å²) in [5.41, 5.74) is 1.71. The van der Waals surface area contributed by atoms with Crippen molar-refractivity contribution >= 4 is 30.9 Å². The van der Waals surface area contributed by atoms with Crippen molar-refractivity contribution in [2.24, 2.45) is 0 Å². The van der Waals surface area contributed by atoms with Gasteiger partial charge in [-0.25, -0.2) is 30.2 Å². The van der Waals surface area contributed by atoms with E-state index in [9.17, 15) is 21.2 Å². The van der Waals surface area contributed by atoms with E-state index in [1.54, 1.807) is 49.4 Å². The Hall–Kier alpha value is -3.04. The number of hydrogen-bond donors (Lipinski definition) is 0. The van der Waals surface area contributed by atoms with Gasteiger partial charge in [-0.2, -0.15) is 0 Å². The number of aromatic nitrogens is 2. The fraction of sp³-hybridized carbons (Fsp3) is 0.136. The highest BCUT2D eigenvalue weighted by atomic mass is 32.2. The summed E-state index contributed by atoms with van der Waals surface area (Å²) in [6.45, 7) is 1.67. The van der Waals surface area contributed by atoms with Crippen LogP contribution < -0.4 is 0 Å². The van der Waals surface area contributed by atoms with Crippen LogP contribution >= 0.6 is 0 Å². The molecule has 0 unspecified atom stereocenters. The molecular formula is C22H19FN2O4S2. The lowest BCUT2D eigenvalue weighted by atomic mass is 10.0. The zero-order chi connectivity index (χ0) is 22.4. The van der Waals surface area contributed by atoms with Crippen molar-refractivity contribution in [1.29, 1.82) is 0 Å². The first-order chi connectivity index (χ1) is 14.6. The highest BCUT2D eigenvalue weighted by molar-refractivity contribution is 7.90. The van der Waals surface area contributed by atoms with E-state index in [2.05, 4.69) is 4.98 Å². The van der Waals surface area contributed by atoms with Gasteiger partial charge < -0.3 is 0 Å². The summed E-state index contributed by atoms with van der Waals surface area (Å²) < 4.78 is 65.8. The van der Waals surface area contributed by atoms with Crippen LogP contribution in [0.5, 0.6) is 0 Å². The van der Waals surface area contributed by atoms with Gasteiger partial charge in [0.15, 0.2) is 15.5 Å². The molecular weight excluding hydrogens is 439 g/mol. The molecule has 0 saturated carbocycles. The fourth-order valence-electron chi connectivity index (χ4n) is 3.45. The summed E-state index contributed by atoms with van der Waals surface area (Å²) in [5, 5.41) is 0.409. The third kappa shape index (κ3) is 4.11. The molecule has 0 aliphatic heterocycles. The Morgan fingerprint density at radius 3 is 2.32 bits per heavy atom. The van der Waals surface area contributed by atoms with E-state index in [0.29, 0.717) is 22.2 Å². The molecule has 0 saturated heterocycles. The van der Waals surface area contributed by atoms with Crippen molar-refractivity contribution in [3.8, 4) is 11.1 Å². The van der Waals surface area contributed by atoms with Gasteiger partial charge in [0, 0.05) is 29.1 Å². The Bertz CT molecular complexity index is 1510. The molecule has 9 heteroatoms. The minimum Gasteiger partial charge on any atom is -0.234 e. The third-order valence-corrected chi connectivity index (χ3v) is 7.60. The normalized spacial score (nSPS) is 12.4. The average molecular weight is 459 g/mol. The Morgan fingerprint density at radius 1 is 0.935 bits per heavy atom. The van der Waals surface area contributed by atoms with Crippen LogP contribution in [0.2, 0.25) is 0 Å². The van der Waals surface area contributed by atoms with Crippen LogP contribution in [0.25, 0.3) is 22.2 Å². The molecule has 0 spiro atoms. The second-order valence-corrected chi connectivity index (χ2v) is 11.2. The van der Waals surface area contributed by atoms with E-state index in [-0.39, 0.29) is 21.9 Å². The molecule has 4 rings (SSSR count). The monoisotopic (exact) mass is 458 g/mol. The number of hydrogen-bond acceptors (Lipinski definition) is 5. The lowest BCUT2D eigenvalue weighted by Gasteiger charge is -2.11. The molecule has 0 radical (unpaired) electrons. The van der Waals surface area contributed by atoms with Crippen molar-refractivity contribution in [3.63, 3.8) is 0 Å². The van der Waals surface area contributed by atoms with Crippen LogP contribution in [0.1, 0.15) is 11.3 Å². The van der Waals surface area contributed by atoms with Crippen molar-refractivity contribution in [3.05, 3.63) is 83.9 Å². The van der Waals surface area contributed by atoms with E-state index in [4.69, 9.17) is 0 Å². The SMILES string of the molecule is Cc1cc(-c2cc(S(C)(=O)=O)ccc2F)c2ccn(S(=O)(=O)Cc3ccccc3)c2n1. The molecule has 0 N–H and O–H groups in total. The van der Waals surface area contributed by atoms with Gasteiger partial charge in [-0.05, 0) is 48.4 Å². The summed E-state index contributed by atoms with van der Waals surface area (Å²) in [4.78, 5) is 4.35. The van der Waals surface area contributed by atoms with Crippen molar-refractivity contribution < 1.29 is 21.2 Å². The van der Waals surface area contributed by atoms with Gasteiger partial charge >= 0.3 is 0 Å². The van der Waals surface area contributed by atoms with Crippen LogP contribution in [0.4, 0.5) is 4.39 Å². The van der Waals surface area contributed by atoms with Gasteiger partial charge in [0.05, 0.1) is 10.6 Å². The van der Waals surface area contributed by atoms with E-state index in [0.717, 1.165) is 16.3 Å². The summed E-state index contributed by atoms with van der Waals surface area (Å²) in [6, 6.07) is 15.5. The molecule has 2 aromatic carbocycles. The predicted molar refractivity (Wildman–Crippen MR) is 117 cm³/mol. The van der Waals surface area contributed by atoms with Crippen LogP contribution in [0.3, 0.4) is 0 Å². The highest BCUT2D eigenvalue weighted by Gasteiger charge is 2.21. The van der Waals surface area contributed by atoms with Crippen LogP contribution in [-0.4, -0.2) is 32.0 Å². The number of halogens is 1. The maximum Gasteiger partial charge on any atom is 0.244 e. The number of benzene rings is 2. The number of fused-ring (bicyclic) bond motifs is 1. The maximum absolute atomic E-state index is 14.7. The molecule has 0 atom stereocenters. The zero-order valence-corrected chi connectivity index (χ0v) is 18.4. The highest BCUT2D eigenvalue weighted by Crippen LogP contribution is 2.33. The standard InChI is InChI=1S/C22H19FN2O4S2/c1-15-12-19(20-13-17(30(2,26)27)8-9-21(20)23)18-10-11-25(22(18)24-15)31(28,29)14-16-6-4-3-5-7-16/h3-13H,14H2,1-2H3. The minimum atomic E-state index is -3.79. The molecule has 2 aromatic heterocycles. The van der Waals surface area contributed by atoms with E-state index >= 15 is 0 Å². The van der Waals surface area contributed by atoms with Crippen molar-refractivity contribution in [2.45, 2.75) is 17.6 Å². The molecule has 0 aliphatic rings. The lowest BCUT2D eigenvalue weighted by molar-refractivity contribution is 0.587. The number of pyridine rings is 1. The Morgan fingerprint density at radius 2 is 1.65 bits per heavy atom. The molecule has 2 heterocycles. The van der Waals surface area contributed by atoms with Gasteiger partial charge in [-0.15, -0.1) is 0 Å². The first-order valence-electron chi connectivity index (χ1n) is 9.32. The van der Waals surface area contributed by atoms with E-state index in [1.165, 1.54) is 18.3 Å². The molecule has 31 heavy (non-hydrogen) atoms. The largest absolute Gasteiger partial charge is 0.244 e. The molecule has 0 aliphatic carbocycles.